The van der Waals surface area contributed by atoms with Crippen molar-refractivity contribution in [2.75, 3.05) is 30.3 Å². The Morgan fingerprint density at radius 3 is 2.65 bits per heavy atom. The molecule has 0 aliphatic carbocycles. The molecule has 0 aromatic heterocycles. The lowest BCUT2D eigenvalue weighted by Crippen LogP contribution is -2.26. The zero-order chi connectivity index (χ0) is 15.2. The molecule has 0 radical (unpaired) electrons. The van der Waals surface area contributed by atoms with E-state index in [4.69, 9.17) is 11.0 Å². The van der Waals surface area contributed by atoms with Gasteiger partial charge in [-0.3, -0.25) is 0 Å². The standard InChI is InChI=1S/C13H20N4O2S/c1-3-16-20(18,19)11-6-7-12(15)13(10-11)17(4-2)9-5-8-14/h6-7,10,16H,3-5,9,15H2,1-2H3. The van der Waals surface area contributed by atoms with Crippen LogP contribution in [0.4, 0.5) is 11.4 Å². The van der Waals surface area contributed by atoms with Crippen molar-refractivity contribution in [2.45, 2.75) is 25.2 Å². The van der Waals surface area contributed by atoms with Crippen molar-refractivity contribution in [3.63, 3.8) is 0 Å². The molecular weight excluding hydrogens is 276 g/mol. The van der Waals surface area contributed by atoms with E-state index in [1.807, 2.05) is 11.8 Å². The Kier molecular flexibility index (Phi) is 5.80. The van der Waals surface area contributed by atoms with Gasteiger partial charge in [0.1, 0.15) is 0 Å². The van der Waals surface area contributed by atoms with Gasteiger partial charge in [-0.25, -0.2) is 13.1 Å². The van der Waals surface area contributed by atoms with Crippen LogP contribution in [-0.2, 0) is 10.0 Å². The number of nitrogen functional groups attached to an aromatic ring is 1. The highest BCUT2D eigenvalue weighted by Crippen LogP contribution is 2.26. The summed E-state index contributed by atoms with van der Waals surface area (Å²) in [7, 11) is -3.51. The molecule has 110 valence electrons. The summed E-state index contributed by atoms with van der Waals surface area (Å²) in [6.45, 7) is 5.15. The number of hydrogen-bond acceptors (Lipinski definition) is 5. The molecule has 20 heavy (non-hydrogen) atoms. The summed E-state index contributed by atoms with van der Waals surface area (Å²) in [5, 5.41) is 8.67. The first-order valence-corrected chi connectivity index (χ1v) is 7.95. The Bertz CT molecular complexity index is 593. The van der Waals surface area contributed by atoms with Gasteiger partial charge in [0.05, 0.1) is 28.8 Å². The zero-order valence-corrected chi connectivity index (χ0v) is 12.6. The van der Waals surface area contributed by atoms with Crippen molar-refractivity contribution in [1.29, 1.82) is 5.26 Å². The van der Waals surface area contributed by atoms with Gasteiger partial charge in [-0.05, 0) is 25.1 Å². The van der Waals surface area contributed by atoms with E-state index in [1.165, 1.54) is 6.07 Å². The molecule has 0 amide bonds. The van der Waals surface area contributed by atoms with Crippen molar-refractivity contribution in [3.05, 3.63) is 18.2 Å². The lowest BCUT2D eigenvalue weighted by atomic mass is 10.2. The van der Waals surface area contributed by atoms with Gasteiger partial charge in [0.2, 0.25) is 10.0 Å². The number of nitrogens with zero attached hydrogens (tertiary/aromatic N) is 2. The molecule has 7 heteroatoms. The van der Waals surface area contributed by atoms with Crippen LogP contribution in [0.15, 0.2) is 23.1 Å². The first-order valence-electron chi connectivity index (χ1n) is 6.47. The Hall–Kier alpha value is -1.78. The predicted molar refractivity (Wildman–Crippen MR) is 79.8 cm³/mol. The second kappa shape index (κ2) is 7.12. The lowest BCUT2D eigenvalue weighted by molar-refractivity contribution is 0.584. The highest BCUT2D eigenvalue weighted by Gasteiger charge is 2.16. The monoisotopic (exact) mass is 296 g/mol. The topological polar surface area (TPSA) is 99.2 Å². The van der Waals surface area contributed by atoms with E-state index in [2.05, 4.69) is 10.8 Å². The van der Waals surface area contributed by atoms with Gasteiger partial charge in [-0.1, -0.05) is 6.92 Å². The third-order valence-corrected chi connectivity index (χ3v) is 4.41. The number of nitriles is 1. The Labute approximate surface area is 120 Å². The number of sulfonamides is 1. The molecule has 1 aromatic carbocycles. The first-order chi connectivity index (χ1) is 9.46. The van der Waals surface area contributed by atoms with Crippen LogP contribution in [0.2, 0.25) is 0 Å². The smallest absolute Gasteiger partial charge is 0.240 e. The molecule has 1 aromatic rings. The zero-order valence-electron chi connectivity index (χ0n) is 11.8. The number of anilines is 2. The molecule has 0 saturated carbocycles. The third-order valence-electron chi connectivity index (χ3n) is 2.86. The molecule has 0 spiro atoms. The number of benzene rings is 1. The fourth-order valence-electron chi connectivity index (χ4n) is 1.87. The predicted octanol–water partition coefficient (Wildman–Crippen LogP) is 1.31. The quantitative estimate of drug-likeness (QED) is 0.739. The molecule has 0 saturated heterocycles. The van der Waals surface area contributed by atoms with Crippen LogP contribution in [-0.4, -0.2) is 28.1 Å². The van der Waals surface area contributed by atoms with Crippen LogP contribution in [0.25, 0.3) is 0 Å². The minimum absolute atomic E-state index is 0.180. The third kappa shape index (κ3) is 3.85. The van der Waals surface area contributed by atoms with Crippen molar-refractivity contribution >= 4 is 21.4 Å². The summed E-state index contributed by atoms with van der Waals surface area (Å²) in [5.41, 5.74) is 7.06. The maximum absolute atomic E-state index is 12.0. The number of rotatable bonds is 7. The Balaban J connectivity index is 3.17. The van der Waals surface area contributed by atoms with Gasteiger partial charge in [-0.15, -0.1) is 0 Å². The average Bonchev–Trinajstić information content (AvgIpc) is 2.41. The summed E-state index contributed by atoms with van der Waals surface area (Å²) < 4.78 is 26.4. The summed E-state index contributed by atoms with van der Waals surface area (Å²) in [4.78, 5) is 2.07. The SMILES string of the molecule is CCNS(=O)(=O)c1ccc(N)c(N(CC)CCC#N)c1. The lowest BCUT2D eigenvalue weighted by Gasteiger charge is -2.24. The minimum Gasteiger partial charge on any atom is -0.397 e. The van der Waals surface area contributed by atoms with Crippen LogP contribution >= 0.6 is 0 Å². The van der Waals surface area contributed by atoms with Crippen LogP contribution in [0, 0.1) is 11.3 Å². The molecular formula is C13H20N4O2S. The molecule has 0 fully saturated rings. The van der Waals surface area contributed by atoms with E-state index in [0.717, 1.165) is 0 Å². The fourth-order valence-corrected chi connectivity index (χ4v) is 2.93. The van der Waals surface area contributed by atoms with Crippen molar-refractivity contribution in [3.8, 4) is 6.07 Å². The molecule has 0 unspecified atom stereocenters. The van der Waals surface area contributed by atoms with Gasteiger partial charge in [-0.2, -0.15) is 5.26 Å². The number of nitrogens with two attached hydrogens (primary N) is 1. The van der Waals surface area contributed by atoms with Crippen molar-refractivity contribution in [2.24, 2.45) is 0 Å². The first kappa shape index (κ1) is 16.3. The molecule has 0 aliphatic heterocycles. The van der Waals surface area contributed by atoms with E-state index in [1.54, 1.807) is 19.1 Å². The van der Waals surface area contributed by atoms with E-state index in [9.17, 15) is 8.42 Å². The maximum atomic E-state index is 12.0. The van der Waals surface area contributed by atoms with E-state index < -0.39 is 10.0 Å². The van der Waals surface area contributed by atoms with Gasteiger partial charge >= 0.3 is 0 Å². The normalized spacial score (nSPS) is 11.1. The molecule has 6 nitrogen and oxygen atoms in total. The second-order valence-corrected chi connectivity index (χ2v) is 5.98. The fraction of sp³-hybridized carbons (Fsp3) is 0.462. The summed E-state index contributed by atoms with van der Waals surface area (Å²) in [5.74, 6) is 0. The van der Waals surface area contributed by atoms with Crippen molar-refractivity contribution < 1.29 is 8.42 Å². The van der Waals surface area contributed by atoms with Gasteiger partial charge in [0.25, 0.3) is 0 Å². The Morgan fingerprint density at radius 2 is 2.10 bits per heavy atom. The van der Waals surface area contributed by atoms with Crippen molar-refractivity contribution in [1.82, 2.24) is 4.72 Å². The molecule has 0 aliphatic rings. The van der Waals surface area contributed by atoms with E-state index in [-0.39, 0.29) is 4.90 Å². The van der Waals surface area contributed by atoms with Gasteiger partial charge < -0.3 is 10.6 Å². The van der Waals surface area contributed by atoms with E-state index >= 15 is 0 Å². The van der Waals surface area contributed by atoms with Crippen LogP contribution in [0.3, 0.4) is 0 Å². The molecule has 1 rings (SSSR count). The Morgan fingerprint density at radius 1 is 1.40 bits per heavy atom. The molecule has 3 N–H and O–H groups in total. The largest absolute Gasteiger partial charge is 0.397 e. The second-order valence-electron chi connectivity index (χ2n) is 4.21. The summed E-state index contributed by atoms with van der Waals surface area (Å²) in [6.07, 6.45) is 0.359. The summed E-state index contributed by atoms with van der Waals surface area (Å²) >= 11 is 0. The van der Waals surface area contributed by atoms with Crippen LogP contribution < -0.4 is 15.4 Å². The van der Waals surface area contributed by atoms with Gasteiger partial charge in [0.15, 0.2) is 0 Å². The number of hydrogen-bond donors (Lipinski definition) is 2. The van der Waals surface area contributed by atoms with E-state index in [0.29, 0.717) is 37.4 Å². The molecule has 0 atom stereocenters. The average molecular weight is 296 g/mol. The molecule has 0 heterocycles. The van der Waals surface area contributed by atoms with Crippen LogP contribution in [0.1, 0.15) is 20.3 Å². The summed E-state index contributed by atoms with van der Waals surface area (Å²) in [6, 6.07) is 6.68. The molecule has 0 bridgehead atoms. The number of nitrogens with one attached hydrogen (secondary N) is 1. The van der Waals surface area contributed by atoms with Crippen LogP contribution in [0.5, 0.6) is 0 Å². The highest BCUT2D eigenvalue weighted by molar-refractivity contribution is 7.89. The van der Waals surface area contributed by atoms with Gasteiger partial charge in [0, 0.05) is 19.6 Å². The maximum Gasteiger partial charge on any atom is 0.240 e. The highest BCUT2D eigenvalue weighted by atomic mass is 32.2. The minimum atomic E-state index is -3.51.